The molecule has 0 unspecified atom stereocenters. The van der Waals surface area contributed by atoms with Gasteiger partial charge < -0.3 is 20.3 Å². The van der Waals surface area contributed by atoms with Crippen molar-refractivity contribution < 1.29 is 19.7 Å². The largest absolute Gasteiger partial charge is 0.492 e. The molecule has 0 radical (unpaired) electrons. The number of ether oxygens (including phenoxy) is 1. The van der Waals surface area contributed by atoms with E-state index in [0.717, 1.165) is 19.4 Å². The standard InChI is InChI=1S/C16H25NO4/c1-16(2,7-4-9-18)12-17-8-10-21-14-6-3-5-13(11-14)15(19)20/h3,5-6,11,17-18H,4,7-10,12H2,1-2H3,(H,19,20). The van der Waals surface area contributed by atoms with E-state index in [-0.39, 0.29) is 17.6 Å². The van der Waals surface area contributed by atoms with E-state index in [2.05, 4.69) is 19.2 Å². The minimum Gasteiger partial charge on any atom is -0.492 e. The summed E-state index contributed by atoms with van der Waals surface area (Å²) < 4.78 is 5.53. The van der Waals surface area contributed by atoms with E-state index >= 15 is 0 Å². The lowest BCUT2D eigenvalue weighted by Gasteiger charge is -2.24. The average molecular weight is 295 g/mol. The van der Waals surface area contributed by atoms with E-state index in [0.29, 0.717) is 18.9 Å². The molecule has 0 aliphatic carbocycles. The summed E-state index contributed by atoms with van der Waals surface area (Å²) in [6.45, 7) is 6.58. The molecule has 0 saturated heterocycles. The highest BCUT2D eigenvalue weighted by Crippen LogP contribution is 2.20. The highest BCUT2D eigenvalue weighted by Gasteiger charge is 2.16. The fourth-order valence-corrected chi connectivity index (χ4v) is 2.03. The van der Waals surface area contributed by atoms with Crippen molar-refractivity contribution in [1.82, 2.24) is 5.32 Å². The van der Waals surface area contributed by atoms with Crippen molar-refractivity contribution in [2.45, 2.75) is 26.7 Å². The van der Waals surface area contributed by atoms with Crippen molar-refractivity contribution >= 4 is 5.97 Å². The number of carbonyl (C=O) groups is 1. The summed E-state index contributed by atoms with van der Waals surface area (Å²) in [5, 5.41) is 21.1. The Morgan fingerprint density at radius 2 is 2.14 bits per heavy atom. The van der Waals surface area contributed by atoms with Gasteiger partial charge in [-0.05, 0) is 36.5 Å². The van der Waals surface area contributed by atoms with E-state index in [4.69, 9.17) is 14.9 Å². The first-order chi connectivity index (χ1) is 9.94. The topological polar surface area (TPSA) is 78.8 Å². The van der Waals surface area contributed by atoms with Crippen LogP contribution >= 0.6 is 0 Å². The monoisotopic (exact) mass is 295 g/mol. The molecule has 0 bridgehead atoms. The van der Waals surface area contributed by atoms with Crippen LogP contribution in [-0.2, 0) is 0 Å². The predicted octanol–water partition coefficient (Wildman–Crippen LogP) is 2.15. The van der Waals surface area contributed by atoms with Gasteiger partial charge in [0.05, 0.1) is 5.56 Å². The number of hydrogen-bond acceptors (Lipinski definition) is 4. The van der Waals surface area contributed by atoms with E-state index in [1.807, 2.05) is 0 Å². The zero-order chi connectivity index (χ0) is 15.7. The van der Waals surface area contributed by atoms with Crippen LogP contribution in [0.4, 0.5) is 0 Å². The van der Waals surface area contributed by atoms with Gasteiger partial charge >= 0.3 is 5.97 Å². The van der Waals surface area contributed by atoms with Crippen LogP contribution in [0.3, 0.4) is 0 Å². The van der Waals surface area contributed by atoms with Gasteiger partial charge in [0.25, 0.3) is 0 Å². The van der Waals surface area contributed by atoms with Crippen molar-refractivity contribution in [3.05, 3.63) is 29.8 Å². The first-order valence-corrected chi connectivity index (χ1v) is 7.22. The summed E-state index contributed by atoms with van der Waals surface area (Å²) in [4.78, 5) is 10.8. The summed E-state index contributed by atoms with van der Waals surface area (Å²) in [7, 11) is 0. The highest BCUT2D eigenvalue weighted by atomic mass is 16.5. The Morgan fingerprint density at radius 1 is 1.38 bits per heavy atom. The third kappa shape index (κ3) is 7.11. The van der Waals surface area contributed by atoms with Crippen LogP contribution in [-0.4, -0.2) is 42.5 Å². The van der Waals surface area contributed by atoms with Crippen LogP contribution in [0.15, 0.2) is 24.3 Å². The van der Waals surface area contributed by atoms with Gasteiger partial charge in [-0.15, -0.1) is 0 Å². The minimum absolute atomic E-state index is 0.145. The number of aliphatic hydroxyl groups is 1. The summed E-state index contributed by atoms with van der Waals surface area (Å²) in [5.41, 5.74) is 0.372. The maximum atomic E-state index is 10.8. The summed E-state index contributed by atoms with van der Waals surface area (Å²) in [6, 6.07) is 6.48. The molecule has 0 aromatic heterocycles. The molecule has 0 aliphatic heterocycles. The molecule has 5 nitrogen and oxygen atoms in total. The molecule has 21 heavy (non-hydrogen) atoms. The van der Waals surface area contributed by atoms with Crippen LogP contribution in [0.5, 0.6) is 5.75 Å². The van der Waals surface area contributed by atoms with E-state index in [1.165, 1.54) is 12.1 Å². The normalized spacial score (nSPS) is 11.4. The quantitative estimate of drug-likeness (QED) is 0.576. The minimum atomic E-state index is -0.954. The number of aromatic carboxylic acids is 1. The molecule has 1 rings (SSSR count). The molecule has 3 N–H and O–H groups in total. The van der Waals surface area contributed by atoms with Gasteiger partial charge in [0, 0.05) is 19.7 Å². The second-order valence-electron chi connectivity index (χ2n) is 5.85. The first-order valence-electron chi connectivity index (χ1n) is 7.22. The molecule has 0 aliphatic rings. The second kappa shape index (κ2) is 8.64. The fourth-order valence-electron chi connectivity index (χ4n) is 2.03. The molecular weight excluding hydrogens is 270 g/mol. The Morgan fingerprint density at radius 3 is 2.81 bits per heavy atom. The molecule has 0 spiro atoms. The third-order valence-electron chi connectivity index (χ3n) is 3.24. The van der Waals surface area contributed by atoms with Crippen molar-refractivity contribution in [1.29, 1.82) is 0 Å². The number of nitrogens with one attached hydrogen (secondary N) is 1. The van der Waals surface area contributed by atoms with Gasteiger partial charge in [0.2, 0.25) is 0 Å². The van der Waals surface area contributed by atoms with Crippen LogP contribution < -0.4 is 10.1 Å². The van der Waals surface area contributed by atoms with Gasteiger partial charge in [0.1, 0.15) is 12.4 Å². The SMILES string of the molecule is CC(C)(CCCO)CNCCOc1cccc(C(=O)O)c1. The molecule has 0 amide bonds. The first kappa shape index (κ1) is 17.5. The van der Waals surface area contributed by atoms with Crippen LogP contribution in [0, 0.1) is 5.41 Å². The van der Waals surface area contributed by atoms with Gasteiger partial charge in [-0.2, -0.15) is 0 Å². The molecule has 1 aromatic carbocycles. The Balaban J connectivity index is 2.25. The molecule has 5 heteroatoms. The van der Waals surface area contributed by atoms with Crippen molar-refractivity contribution in [3.8, 4) is 5.75 Å². The molecule has 0 heterocycles. The van der Waals surface area contributed by atoms with Gasteiger partial charge in [-0.3, -0.25) is 0 Å². The van der Waals surface area contributed by atoms with E-state index in [1.54, 1.807) is 12.1 Å². The summed E-state index contributed by atoms with van der Waals surface area (Å²) in [5.74, 6) is -0.388. The Bertz CT molecular complexity index is 446. The van der Waals surface area contributed by atoms with Gasteiger partial charge in [-0.25, -0.2) is 4.79 Å². The van der Waals surface area contributed by atoms with Crippen molar-refractivity contribution in [3.63, 3.8) is 0 Å². The van der Waals surface area contributed by atoms with Crippen LogP contribution in [0.25, 0.3) is 0 Å². The molecule has 0 saturated carbocycles. The van der Waals surface area contributed by atoms with Crippen molar-refractivity contribution in [2.24, 2.45) is 5.41 Å². The number of rotatable bonds is 10. The number of benzene rings is 1. The molecular formula is C16H25NO4. The lowest BCUT2D eigenvalue weighted by molar-refractivity contribution is 0.0696. The molecule has 0 atom stereocenters. The summed E-state index contributed by atoms with van der Waals surface area (Å²) >= 11 is 0. The maximum Gasteiger partial charge on any atom is 0.335 e. The van der Waals surface area contributed by atoms with Crippen LogP contribution in [0.1, 0.15) is 37.0 Å². The zero-order valence-corrected chi connectivity index (χ0v) is 12.8. The Hall–Kier alpha value is -1.59. The maximum absolute atomic E-state index is 10.8. The van der Waals surface area contributed by atoms with Gasteiger partial charge in [0.15, 0.2) is 0 Å². The molecule has 118 valence electrons. The van der Waals surface area contributed by atoms with E-state index < -0.39 is 5.97 Å². The smallest absolute Gasteiger partial charge is 0.335 e. The zero-order valence-electron chi connectivity index (χ0n) is 12.8. The third-order valence-corrected chi connectivity index (χ3v) is 3.24. The lowest BCUT2D eigenvalue weighted by Crippen LogP contribution is -2.32. The second-order valence-corrected chi connectivity index (χ2v) is 5.85. The predicted molar refractivity (Wildman–Crippen MR) is 81.9 cm³/mol. The highest BCUT2D eigenvalue weighted by molar-refractivity contribution is 5.87. The van der Waals surface area contributed by atoms with Gasteiger partial charge in [-0.1, -0.05) is 19.9 Å². The molecule has 1 aromatic rings. The Kier molecular flexibility index (Phi) is 7.19. The average Bonchev–Trinajstić information content (AvgIpc) is 2.45. The number of hydrogen-bond donors (Lipinski definition) is 3. The van der Waals surface area contributed by atoms with Crippen molar-refractivity contribution in [2.75, 3.05) is 26.3 Å². The number of aliphatic hydroxyl groups excluding tert-OH is 1. The fraction of sp³-hybridized carbons (Fsp3) is 0.562. The number of carboxylic acids is 1. The molecule has 0 fully saturated rings. The van der Waals surface area contributed by atoms with E-state index in [9.17, 15) is 4.79 Å². The number of carboxylic acid groups (broad SMARTS) is 1. The summed E-state index contributed by atoms with van der Waals surface area (Å²) in [6.07, 6.45) is 1.78. The Labute approximate surface area is 125 Å². The van der Waals surface area contributed by atoms with Crippen LogP contribution in [0.2, 0.25) is 0 Å². The lowest BCUT2D eigenvalue weighted by atomic mass is 9.88.